The molecule has 2 aromatic carbocycles. The fourth-order valence-corrected chi connectivity index (χ4v) is 2.66. The molecule has 5 heteroatoms. The number of nitrogens with zero attached hydrogens (tertiary/aromatic N) is 1. The van der Waals surface area contributed by atoms with E-state index >= 15 is 0 Å². The van der Waals surface area contributed by atoms with E-state index in [-0.39, 0.29) is 5.78 Å². The molecule has 3 aromatic rings. The van der Waals surface area contributed by atoms with Gasteiger partial charge in [-0.15, -0.1) is 0 Å². The Morgan fingerprint density at radius 3 is 2.27 bits per heavy atom. The number of aromatic nitrogens is 1. The summed E-state index contributed by atoms with van der Waals surface area (Å²) in [4.78, 5) is 17.1. The van der Waals surface area contributed by atoms with Gasteiger partial charge in [-0.25, -0.2) is 4.98 Å². The number of rotatable bonds is 6. The summed E-state index contributed by atoms with van der Waals surface area (Å²) in [5.74, 6) is 1.14. The smallest absolute Gasteiger partial charge is 0.203 e. The second-order valence-electron chi connectivity index (χ2n) is 5.54. The summed E-state index contributed by atoms with van der Waals surface area (Å²) in [6, 6.07) is 14.9. The third-order valence-corrected chi connectivity index (χ3v) is 3.97. The molecule has 0 spiro atoms. The zero-order valence-corrected chi connectivity index (χ0v) is 14.9. The van der Waals surface area contributed by atoms with Crippen LogP contribution in [0.15, 0.2) is 54.6 Å². The van der Waals surface area contributed by atoms with Crippen molar-refractivity contribution in [1.82, 2.24) is 4.98 Å². The highest BCUT2D eigenvalue weighted by Crippen LogP contribution is 2.38. The zero-order valence-electron chi connectivity index (χ0n) is 14.9. The molecule has 5 nitrogen and oxygen atoms in total. The topological polar surface area (TPSA) is 57.7 Å². The van der Waals surface area contributed by atoms with Gasteiger partial charge in [-0.2, -0.15) is 0 Å². The van der Waals surface area contributed by atoms with E-state index in [0.717, 1.165) is 10.9 Å². The van der Waals surface area contributed by atoms with E-state index in [4.69, 9.17) is 14.2 Å². The van der Waals surface area contributed by atoms with Gasteiger partial charge < -0.3 is 14.2 Å². The highest BCUT2D eigenvalue weighted by Gasteiger charge is 2.15. The van der Waals surface area contributed by atoms with Crippen LogP contribution in [0.1, 0.15) is 16.1 Å². The lowest BCUT2D eigenvalue weighted by Gasteiger charge is -2.13. The predicted octanol–water partition coefficient (Wildman–Crippen LogP) is 4.16. The number of carbonyl (C=O) groups is 1. The van der Waals surface area contributed by atoms with Gasteiger partial charge in [0.2, 0.25) is 5.75 Å². The average Bonchev–Trinajstić information content (AvgIpc) is 2.70. The number of hydrogen-bond acceptors (Lipinski definition) is 5. The molecule has 0 aliphatic heterocycles. The van der Waals surface area contributed by atoms with Gasteiger partial charge in [-0.05, 0) is 36.4 Å². The molecule has 0 bridgehead atoms. The molecule has 0 fully saturated rings. The van der Waals surface area contributed by atoms with E-state index in [1.807, 2.05) is 36.4 Å². The third-order valence-electron chi connectivity index (χ3n) is 3.97. The Kier molecular flexibility index (Phi) is 5.17. The van der Waals surface area contributed by atoms with Gasteiger partial charge in [0.1, 0.15) is 0 Å². The van der Waals surface area contributed by atoms with Crippen molar-refractivity contribution in [2.75, 3.05) is 21.3 Å². The molecule has 0 unspecified atom stereocenters. The maximum absolute atomic E-state index is 12.6. The van der Waals surface area contributed by atoms with Gasteiger partial charge in [0, 0.05) is 10.9 Å². The van der Waals surface area contributed by atoms with Gasteiger partial charge in [0.25, 0.3) is 0 Å². The minimum absolute atomic E-state index is 0.181. The maximum atomic E-state index is 12.6. The molecule has 1 heterocycles. The fraction of sp³-hybridized carbons (Fsp3) is 0.143. The quantitative estimate of drug-likeness (QED) is 0.494. The molecule has 0 saturated carbocycles. The number of ketones is 1. The monoisotopic (exact) mass is 349 g/mol. The number of pyridine rings is 1. The lowest BCUT2D eigenvalue weighted by Crippen LogP contribution is -2.00. The van der Waals surface area contributed by atoms with Crippen LogP contribution in [0.3, 0.4) is 0 Å². The molecular formula is C21H19NO4. The van der Waals surface area contributed by atoms with Crippen LogP contribution < -0.4 is 14.2 Å². The Bertz CT molecular complexity index is 954. The van der Waals surface area contributed by atoms with E-state index in [1.165, 1.54) is 27.4 Å². The summed E-state index contributed by atoms with van der Waals surface area (Å²) in [5, 5.41) is 1.06. The Morgan fingerprint density at radius 2 is 1.62 bits per heavy atom. The maximum Gasteiger partial charge on any atom is 0.203 e. The molecule has 3 rings (SSSR count). The first kappa shape index (κ1) is 17.5. The molecule has 0 saturated heterocycles. The van der Waals surface area contributed by atoms with Gasteiger partial charge in [-0.3, -0.25) is 4.79 Å². The molecule has 132 valence electrons. The van der Waals surface area contributed by atoms with Crippen LogP contribution in [-0.4, -0.2) is 32.1 Å². The first-order valence-corrected chi connectivity index (χ1v) is 8.04. The number of fused-ring (bicyclic) bond motifs is 1. The summed E-state index contributed by atoms with van der Waals surface area (Å²) in [5.41, 5.74) is 2.04. The minimum Gasteiger partial charge on any atom is -0.493 e. The summed E-state index contributed by atoms with van der Waals surface area (Å²) in [7, 11) is 4.55. The molecule has 26 heavy (non-hydrogen) atoms. The van der Waals surface area contributed by atoms with Gasteiger partial charge in [-0.1, -0.05) is 24.3 Å². The Hall–Kier alpha value is -3.34. The van der Waals surface area contributed by atoms with E-state index in [0.29, 0.717) is 28.5 Å². The van der Waals surface area contributed by atoms with Crippen molar-refractivity contribution >= 4 is 22.8 Å². The van der Waals surface area contributed by atoms with Crippen LogP contribution in [0.25, 0.3) is 17.0 Å². The summed E-state index contributed by atoms with van der Waals surface area (Å²) in [6.45, 7) is 0. The molecule has 0 aliphatic carbocycles. The Morgan fingerprint density at radius 1 is 0.923 bits per heavy atom. The van der Waals surface area contributed by atoms with Crippen LogP contribution in [0.5, 0.6) is 17.2 Å². The van der Waals surface area contributed by atoms with Crippen LogP contribution in [-0.2, 0) is 0 Å². The van der Waals surface area contributed by atoms with Crippen LogP contribution in [0, 0.1) is 0 Å². The zero-order chi connectivity index (χ0) is 18.5. The summed E-state index contributed by atoms with van der Waals surface area (Å²) >= 11 is 0. The lowest BCUT2D eigenvalue weighted by atomic mass is 10.1. The minimum atomic E-state index is -0.181. The van der Waals surface area contributed by atoms with E-state index < -0.39 is 0 Å². The van der Waals surface area contributed by atoms with Crippen molar-refractivity contribution in [3.63, 3.8) is 0 Å². The standard InChI is InChI=1S/C21H19NO4/c1-24-19-12-15(13-20(25-2)21(19)26-3)18(23)11-10-16-9-8-14-6-4-5-7-17(14)22-16/h4-13H,1-3H3/b11-10+. The first-order chi connectivity index (χ1) is 12.7. The highest BCUT2D eigenvalue weighted by molar-refractivity contribution is 6.07. The molecule has 0 aliphatic rings. The highest BCUT2D eigenvalue weighted by atomic mass is 16.5. The SMILES string of the molecule is COc1cc(C(=O)/C=C/c2ccc3ccccc3n2)cc(OC)c1OC. The van der Waals surface area contributed by atoms with Crippen molar-refractivity contribution in [2.45, 2.75) is 0 Å². The molecule has 0 radical (unpaired) electrons. The lowest BCUT2D eigenvalue weighted by molar-refractivity contribution is 0.104. The number of allylic oxidation sites excluding steroid dienone is 1. The number of carbonyl (C=O) groups excluding carboxylic acids is 1. The number of ether oxygens (including phenoxy) is 3. The molecule has 1 aromatic heterocycles. The van der Waals surface area contributed by atoms with Crippen molar-refractivity contribution in [2.24, 2.45) is 0 Å². The van der Waals surface area contributed by atoms with E-state index in [1.54, 1.807) is 18.2 Å². The molecule has 0 N–H and O–H groups in total. The van der Waals surface area contributed by atoms with E-state index in [9.17, 15) is 4.79 Å². The van der Waals surface area contributed by atoms with Crippen LogP contribution in [0.2, 0.25) is 0 Å². The number of para-hydroxylation sites is 1. The van der Waals surface area contributed by atoms with Gasteiger partial charge >= 0.3 is 0 Å². The molecule has 0 atom stereocenters. The summed E-state index contributed by atoms with van der Waals surface area (Å²) < 4.78 is 15.8. The number of methoxy groups -OCH3 is 3. The second-order valence-corrected chi connectivity index (χ2v) is 5.54. The summed E-state index contributed by atoms with van der Waals surface area (Å²) in [6.07, 6.45) is 3.18. The van der Waals surface area contributed by atoms with Gasteiger partial charge in [0.05, 0.1) is 32.5 Å². The fourth-order valence-electron chi connectivity index (χ4n) is 2.66. The molecule has 0 amide bonds. The molecular weight excluding hydrogens is 330 g/mol. The van der Waals surface area contributed by atoms with Crippen molar-refractivity contribution in [1.29, 1.82) is 0 Å². The van der Waals surface area contributed by atoms with Gasteiger partial charge in [0.15, 0.2) is 17.3 Å². The van der Waals surface area contributed by atoms with Crippen molar-refractivity contribution < 1.29 is 19.0 Å². The Balaban J connectivity index is 1.89. The second kappa shape index (κ2) is 7.70. The van der Waals surface area contributed by atoms with Crippen LogP contribution in [0.4, 0.5) is 0 Å². The normalized spacial score (nSPS) is 10.9. The predicted molar refractivity (Wildman–Crippen MR) is 101 cm³/mol. The third kappa shape index (κ3) is 3.52. The van der Waals surface area contributed by atoms with Crippen molar-refractivity contribution in [3.8, 4) is 17.2 Å². The number of hydrogen-bond donors (Lipinski definition) is 0. The average molecular weight is 349 g/mol. The first-order valence-electron chi connectivity index (χ1n) is 8.04. The van der Waals surface area contributed by atoms with Crippen LogP contribution >= 0.6 is 0 Å². The largest absolute Gasteiger partial charge is 0.493 e. The number of benzene rings is 2. The van der Waals surface area contributed by atoms with Crippen molar-refractivity contribution in [3.05, 3.63) is 65.9 Å². The van der Waals surface area contributed by atoms with E-state index in [2.05, 4.69) is 4.98 Å². The Labute approximate surface area is 151 Å².